The van der Waals surface area contributed by atoms with Gasteiger partial charge in [-0.2, -0.15) is 0 Å². The number of nitrogens with zero attached hydrogens (tertiary/aromatic N) is 1. The van der Waals surface area contributed by atoms with Gasteiger partial charge in [0.05, 0.1) is 26.2 Å². The van der Waals surface area contributed by atoms with Gasteiger partial charge < -0.3 is 19.5 Å². The summed E-state index contributed by atoms with van der Waals surface area (Å²) in [5, 5.41) is 8.80. The summed E-state index contributed by atoms with van der Waals surface area (Å²) in [5.41, 5.74) is 0.583. The number of halogens is 1. The molecule has 0 saturated carbocycles. The van der Waals surface area contributed by atoms with Crippen LogP contribution in [-0.4, -0.2) is 54.8 Å². The van der Waals surface area contributed by atoms with Crippen LogP contribution < -0.4 is 0 Å². The number of methoxy groups -OCH3 is 1. The lowest BCUT2D eigenvalue weighted by Gasteiger charge is -2.26. The number of amides is 1. The molecule has 6 nitrogen and oxygen atoms in total. The highest BCUT2D eigenvalue weighted by molar-refractivity contribution is 5.94. The Kier molecular flexibility index (Phi) is 8.35. The molecule has 7 heteroatoms. The summed E-state index contributed by atoms with van der Waals surface area (Å²) in [7, 11) is 1.54. The summed E-state index contributed by atoms with van der Waals surface area (Å²) in [6, 6.07) is 3.90. The average molecular weight is 341 g/mol. The minimum atomic E-state index is -0.972. The van der Waals surface area contributed by atoms with Gasteiger partial charge in [-0.3, -0.25) is 9.59 Å². The van der Waals surface area contributed by atoms with Crippen LogP contribution in [0.25, 0.3) is 0 Å². The van der Waals surface area contributed by atoms with Crippen LogP contribution in [-0.2, 0) is 20.9 Å². The van der Waals surface area contributed by atoms with Gasteiger partial charge in [0.2, 0.25) is 0 Å². The normalized spacial score (nSPS) is 10.9. The molecule has 1 aromatic carbocycles. The monoisotopic (exact) mass is 341 g/mol. The van der Waals surface area contributed by atoms with Crippen molar-refractivity contribution in [1.29, 1.82) is 0 Å². The van der Waals surface area contributed by atoms with Crippen molar-refractivity contribution in [3.8, 4) is 0 Å². The second kappa shape index (κ2) is 10.00. The Bertz CT molecular complexity index is 562. The maximum atomic E-state index is 13.8. The van der Waals surface area contributed by atoms with Crippen molar-refractivity contribution in [2.75, 3.05) is 26.9 Å². The summed E-state index contributed by atoms with van der Waals surface area (Å²) in [4.78, 5) is 24.8. The molecule has 0 bridgehead atoms. The number of hydrogen-bond acceptors (Lipinski definition) is 4. The number of benzene rings is 1. The van der Waals surface area contributed by atoms with E-state index in [9.17, 15) is 14.0 Å². The Morgan fingerprint density at radius 1 is 1.29 bits per heavy atom. The smallest absolute Gasteiger partial charge is 0.305 e. The lowest BCUT2D eigenvalue weighted by Crippen LogP contribution is -2.38. The maximum Gasteiger partial charge on any atom is 0.305 e. The van der Waals surface area contributed by atoms with E-state index in [2.05, 4.69) is 0 Å². The molecular weight excluding hydrogens is 317 g/mol. The summed E-state index contributed by atoms with van der Waals surface area (Å²) in [6.07, 6.45) is -0.141. The average Bonchev–Trinajstić information content (AvgIpc) is 2.52. The molecule has 0 spiro atoms. The standard InChI is InChI=1S/C17H24FNO5/c1-12(2)19(7-6-16(20)21)17(22)13-4-5-15(18)14(10-13)11-24-9-8-23-3/h4-5,10,12H,6-9,11H2,1-3H3,(H,20,21). The first kappa shape index (κ1) is 20.1. The van der Waals surface area contributed by atoms with E-state index in [0.717, 1.165) is 0 Å². The lowest BCUT2D eigenvalue weighted by molar-refractivity contribution is -0.137. The highest BCUT2D eigenvalue weighted by Gasteiger charge is 2.20. The largest absolute Gasteiger partial charge is 0.481 e. The van der Waals surface area contributed by atoms with Crippen molar-refractivity contribution in [1.82, 2.24) is 4.90 Å². The van der Waals surface area contributed by atoms with E-state index < -0.39 is 11.8 Å². The third-order valence-electron chi connectivity index (χ3n) is 3.43. The minimum absolute atomic E-state index is 0.0348. The van der Waals surface area contributed by atoms with Crippen LogP contribution in [0.4, 0.5) is 4.39 Å². The number of ether oxygens (including phenoxy) is 2. The van der Waals surface area contributed by atoms with Crippen LogP contribution in [0.5, 0.6) is 0 Å². The van der Waals surface area contributed by atoms with Crippen LogP contribution >= 0.6 is 0 Å². The number of carbonyl (C=O) groups excluding carboxylic acids is 1. The molecule has 0 radical (unpaired) electrons. The van der Waals surface area contributed by atoms with Gasteiger partial charge in [-0.05, 0) is 32.0 Å². The molecule has 24 heavy (non-hydrogen) atoms. The van der Waals surface area contributed by atoms with Gasteiger partial charge in [0, 0.05) is 30.8 Å². The molecule has 0 fully saturated rings. The number of hydrogen-bond donors (Lipinski definition) is 1. The predicted octanol–water partition coefficient (Wildman–Crippen LogP) is 2.31. The molecule has 0 aliphatic rings. The van der Waals surface area contributed by atoms with Crippen molar-refractivity contribution >= 4 is 11.9 Å². The van der Waals surface area contributed by atoms with Crippen molar-refractivity contribution in [2.45, 2.75) is 32.9 Å². The first-order chi connectivity index (χ1) is 11.4. The molecule has 0 aliphatic carbocycles. The van der Waals surface area contributed by atoms with Crippen molar-refractivity contribution < 1.29 is 28.6 Å². The molecule has 0 aliphatic heterocycles. The van der Waals surface area contributed by atoms with Crippen molar-refractivity contribution in [3.05, 3.63) is 35.1 Å². The quantitative estimate of drug-likeness (QED) is 0.661. The topological polar surface area (TPSA) is 76.1 Å². The Labute approximate surface area is 141 Å². The van der Waals surface area contributed by atoms with E-state index in [-0.39, 0.29) is 37.1 Å². The van der Waals surface area contributed by atoms with E-state index in [4.69, 9.17) is 14.6 Å². The van der Waals surface area contributed by atoms with E-state index in [1.54, 1.807) is 21.0 Å². The first-order valence-corrected chi connectivity index (χ1v) is 7.74. The van der Waals surface area contributed by atoms with E-state index in [1.165, 1.54) is 23.1 Å². The number of carboxylic acid groups (broad SMARTS) is 1. The summed E-state index contributed by atoms with van der Waals surface area (Å²) < 4.78 is 24.0. The molecule has 0 atom stereocenters. The van der Waals surface area contributed by atoms with Crippen molar-refractivity contribution in [2.24, 2.45) is 0 Å². The SMILES string of the molecule is COCCOCc1cc(C(=O)N(CCC(=O)O)C(C)C)ccc1F. The predicted molar refractivity (Wildman–Crippen MR) is 86.4 cm³/mol. The second-order valence-electron chi connectivity index (χ2n) is 5.59. The lowest BCUT2D eigenvalue weighted by atomic mass is 10.1. The number of carboxylic acids is 1. The molecule has 1 amide bonds. The molecule has 134 valence electrons. The van der Waals surface area contributed by atoms with E-state index >= 15 is 0 Å². The molecule has 0 unspecified atom stereocenters. The fraction of sp³-hybridized carbons (Fsp3) is 0.529. The van der Waals surface area contributed by atoms with E-state index in [1.807, 2.05) is 0 Å². The molecule has 1 aromatic rings. The number of carbonyl (C=O) groups is 2. The van der Waals surface area contributed by atoms with Crippen LogP contribution in [0.1, 0.15) is 36.2 Å². The third kappa shape index (κ3) is 6.25. The van der Waals surface area contributed by atoms with Crippen LogP contribution in [0.15, 0.2) is 18.2 Å². The van der Waals surface area contributed by atoms with Gasteiger partial charge in [0.15, 0.2) is 0 Å². The van der Waals surface area contributed by atoms with Crippen LogP contribution in [0, 0.1) is 5.82 Å². The molecule has 1 rings (SSSR count). The second-order valence-corrected chi connectivity index (χ2v) is 5.59. The first-order valence-electron chi connectivity index (χ1n) is 7.74. The molecule has 0 aromatic heterocycles. The highest BCUT2D eigenvalue weighted by atomic mass is 19.1. The maximum absolute atomic E-state index is 13.8. The Morgan fingerprint density at radius 2 is 2.00 bits per heavy atom. The third-order valence-corrected chi connectivity index (χ3v) is 3.43. The summed E-state index contributed by atoms with van der Waals surface area (Å²) in [5.74, 6) is -1.75. The molecule has 1 N–H and O–H groups in total. The van der Waals surface area contributed by atoms with Gasteiger partial charge in [0.25, 0.3) is 5.91 Å². The molecular formula is C17H24FNO5. The zero-order valence-electron chi connectivity index (χ0n) is 14.3. The Morgan fingerprint density at radius 3 is 2.58 bits per heavy atom. The van der Waals surface area contributed by atoms with Gasteiger partial charge in [-0.15, -0.1) is 0 Å². The number of aliphatic carboxylic acids is 1. The highest BCUT2D eigenvalue weighted by Crippen LogP contribution is 2.15. The Balaban J connectivity index is 2.86. The fourth-order valence-electron chi connectivity index (χ4n) is 2.12. The minimum Gasteiger partial charge on any atom is -0.481 e. The Hall–Kier alpha value is -1.99. The van der Waals surface area contributed by atoms with Crippen LogP contribution in [0.3, 0.4) is 0 Å². The fourth-order valence-corrected chi connectivity index (χ4v) is 2.12. The van der Waals surface area contributed by atoms with Crippen molar-refractivity contribution in [3.63, 3.8) is 0 Å². The molecule has 0 saturated heterocycles. The summed E-state index contributed by atoms with van der Waals surface area (Å²) in [6.45, 7) is 4.47. The summed E-state index contributed by atoms with van der Waals surface area (Å²) >= 11 is 0. The van der Waals surface area contributed by atoms with Gasteiger partial charge in [0.1, 0.15) is 5.82 Å². The van der Waals surface area contributed by atoms with Gasteiger partial charge in [-0.1, -0.05) is 0 Å². The van der Waals surface area contributed by atoms with Gasteiger partial charge >= 0.3 is 5.97 Å². The molecule has 0 heterocycles. The van der Waals surface area contributed by atoms with Gasteiger partial charge in [-0.25, -0.2) is 4.39 Å². The van der Waals surface area contributed by atoms with Crippen LogP contribution in [0.2, 0.25) is 0 Å². The zero-order valence-corrected chi connectivity index (χ0v) is 14.3. The van der Waals surface area contributed by atoms with E-state index in [0.29, 0.717) is 18.8 Å². The number of rotatable bonds is 10. The zero-order chi connectivity index (χ0) is 18.1.